The molecule has 80 valence electrons. The van der Waals surface area contributed by atoms with Crippen molar-refractivity contribution < 1.29 is 9.18 Å². The number of hydrogen-bond acceptors (Lipinski definition) is 2. The highest BCUT2D eigenvalue weighted by Gasteiger charge is 2.24. The number of benzene rings is 1. The minimum atomic E-state index is -0.352. The number of halogens is 2. The van der Waals surface area contributed by atoms with Gasteiger partial charge in [-0.1, -0.05) is 17.7 Å². The highest BCUT2D eigenvalue weighted by Crippen LogP contribution is 2.29. The molecule has 1 aliphatic rings. The molecule has 0 amide bonds. The first-order valence-corrected chi connectivity index (χ1v) is 5.25. The molecule has 1 unspecified atom stereocenters. The zero-order valence-corrected chi connectivity index (χ0v) is 8.85. The van der Waals surface area contributed by atoms with Gasteiger partial charge in [-0.05, 0) is 12.1 Å². The normalized spacial score (nSPS) is 21.7. The molecule has 1 heterocycles. The van der Waals surface area contributed by atoms with Gasteiger partial charge in [0.25, 0.3) is 0 Å². The van der Waals surface area contributed by atoms with E-state index in [0.717, 1.165) is 0 Å². The Balaban J connectivity index is 2.32. The summed E-state index contributed by atoms with van der Waals surface area (Å²) in [6.07, 6.45) is 0.837. The van der Waals surface area contributed by atoms with E-state index in [2.05, 4.69) is 5.32 Å². The molecular formula is C11H11ClFNO. The molecule has 15 heavy (non-hydrogen) atoms. The van der Waals surface area contributed by atoms with E-state index in [0.29, 0.717) is 30.0 Å². The first-order valence-electron chi connectivity index (χ1n) is 4.87. The van der Waals surface area contributed by atoms with Crippen LogP contribution in [-0.4, -0.2) is 12.3 Å². The molecular weight excluding hydrogens is 217 g/mol. The van der Waals surface area contributed by atoms with E-state index in [1.54, 1.807) is 12.1 Å². The third kappa shape index (κ3) is 2.19. The predicted octanol–water partition coefficient (Wildman–Crippen LogP) is 2.47. The van der Waals surface area contributed by atoms with Gasteiger partial charge in [-0.3, -0.25) is 4.79 Å². The van der Waals surface area contributed by atoms with E-state index in [-0.39, 0.29) is 17.6 Å². The van der Waals surface area contributed by atoms with Crippen LogP contribution in [-0.2, 0) is 4.79 Å². The molecule has 1 N–H and O–H groups in total. The van der Waals surface area contributed by atoms with Gasteiger partial charge in [-0.2, -0.15) is 0 Å². The van der Waals surface area contributed by atoms with Crippen molar-refractivity contribution >= 4 is 17.4 Å². The Morgan fingerprint density at radius 1 is 1.47 bits per heavy atom. The maximum Gasteiger partial charge on any atom is 0.136 e. The molecule has 0 spiro atoms. The van der Waals surface area contributed by atoms with Crippen LogP contribution in [0.15, 0.2) is 18.2 Å². The summed E-state index contributed by atoms with van der Waals surface area (Å²) in [7, 11) is 0. The summed E-state index contributed by atoms with van der Waals surface area (Å²) in [5.74, 6) is -0.201. The number of nitrogens with one attached hydrogen (secondary N) is 1. The van der Waals surface area contributed by atoms with Crippen molar-refractivity contribution in [1.29, 1.82) is 0 Å². The molecule has 1 aromatic rings. The van der Waals surface area contributed by atoms with Crippen molar-refractivity contribution in [1.82, 2.24) is 5.32 Å². The number of Topliss-reactive ketones (excluding diaryl/α,β-unsaturated/α-hetero) is 1. The summed E-state index contributed by atoms with van der Waals surface area (Å²) in [6, 6.07) is 4.29. The Kier molecular flexibility index (Phi) is 3.03. The van der Waals surface area contributed by atoms with Gasteiger partial charge in [0.2, 0.25) is 0 Å². The molecule has 0 aromatic heterocycles. The maximum absolute atomic E-state index is 13.5. The van der Waals surface area contributed by atoms with Gasteiger partial charge < -0.3 is 5.32 Å². The van der Waals surface area contributed by atoms with E-state index >= 15 is 0 Å². The minimum absolute atomic E-state index is 0.151. The van der Waals surface area contributed by atoms with Crippen molar-refractivity contribution in [2.24, 2.45) is 0 Å². The third-order valence-corrected chi connectivity index (χ3v) is 2.90. The summed E-state index contributed by atoms with van der Waals surface area (Å²) in [4.78, 5) is 11.3. The summed E-state index contributed by atoms with van der Waals surface area (Å²) in [5.41, 5.74) is 0.409. The van der Waals surface area contributed by atoms with E-state index in [4.69, 9.17) is 11.6 Å². The van der Waals surface area contributed by atoms with Gasteiger partial charge in [-0.25, -0.2) is 4.39 Å². The van der Waals surface area contributed by atoms with E-state index in [1.807, 2.05) is 0 Å². The lowest BCUT2D eigenvalue weighted by atomic mass is 9.96. The Morgan fingerprint density at radius 3 is 2.93 bits per heavy atom. The van der Waals surface area contributed by atoms with Crippen molar-refractivity contribution in [2.45, 2.75) is 18.9 Å². The first kappa shape index (κ1) is 10.6. The zero-order chi connectivity index (χ0) is 10.8. The number of ketones is 1. The standard InChI is InChI=1S/C11H11ClFNO/c12-8-2-1-3-9(13)11(8)10-6-7(15)4-5-14-10/h1-3,10,14H,4-6H2. The van der Waals surface area contributed by atoms with Gasteiger partial charge in [0.1, 0.15) is 11.6 Å². The van der Waals surface area contributed by atoms with Crippen LogP contribution >= 0.6 is 11.6 Å². The highest BCUT2D eigenvalue weighted by atomic mass is 35.5. The molecule has 2 rings (SSSR count). The number of hydrogen-bond donors (Lipinski definition) is 1. The molecule has 1 saturated heterocycles. The van der Waals surface area contributed by atoms with Crippen LogP contribution in [0.4, 0.5) is 4.39 Å². The van der Waals surface area contributed by atoms with E-state index in [1.165, 1.54) is 6.07 Å². The molecule has 2 nitrogen and oxygen atoms in total. The molecule has 0 aliphatic carbocycles. The highest BCUT2D eigenvalue weighted by molar-refractivity contribution is 6.31. The summed E-state index contributed by atoms with van der Waals surface area (Å²) >= 11 is 5.92. The second kappa shape index (κ2) is 4.29. The van der Waals surface area contributed by atoms with Crippen LogP contribution in [0, 0.1) is 5.82 Å². The smallest absolute Gasteiger partial charge is 0.136 e. The predicted molar refractivity (Wildman–Crippen MR) is 56.4 cm³/mol. The quantitative estimate of drug-likeness (QED) is 0.799. The first-order chi connectivity index (χ1) is 7.18. The Hall–Kier alpha value is -0.930. The summed E-state index contributed by atoms with van der Waals surface area (Å²) in [5, 5.41) is 3.48. The monoisotopic (exact) mass is 227 g/mol. The molecule has 1 aromatic carbocycles. The fraction of sp³-hybridized carbons (Fsp3) is 0.364. The SMILES string of the molecule is O=C1CCNC(c2c(F)cccc2Cl)C1. The van der Waals surface area contributed by atoms with Crippen LogP contribution in [0.5, 0.6) is 0 Å². The van der Waals surface area contributed by atoms with Crippen molar-refractivity contribution in [2.75, 3.05) is 6.54 Å². The van der Waals surface area contributed by atoms with Gasteiger partial charge >= 0.3 is 0 Å². The molecule has 1 aliphatic heterocycles. The molecule has 0 bridgehead atoms. The molecule has 1 fully saturated rings. The molecule has 0 saturated carbocycles. The van der Waals surface area contributed by atoms with Gasteiger partial charge in [0.05, 0.1) is 0 Å². The van der Waals surface area contributed by atoms with Crippen LogP contribution in [0.3, 0.4) is 0 Å². The van der Waals surface area contributed by atoms with Crippen molar-refractivity contribution in [3.63, 3.8) is 0 Å². The van der Waals surface area contributed by atoms with Crippen LogP contribution in [0.2, 0.25) is 5.02 Å². The maximum atomic E-state index is 13.5. The average Bonchev–Trinajstić information content (AvgIpc) is 2.17. The van der Waals surface area contributed by atoms with Crippen LogP contribution in [0.1, 0.15) is 24.4 Å². The second-order valence-electron chi connectivity index (χ2n) is 3.63. The number of rotatable bonds is 1. The lowest BCUT2D eigenvalue weighted by Gasteiger charge is -2.24. The lowest BCUT2D eigenvalue weighted by Crippen LogP contribution is -2.32. The van der Waals surface area contributed by atoms with Crippen molar-refractivity contribution in [3.05, 3.63) is 34.6 Å². The van der Waals surface area contributed by atoms with E-state index < -0.39 is 0 Å². The number of piperidine rings is 1. The van der Waals surface area contributed by atoms with Crippen LogP contribution in [0.25, 0.3) is 0 Å². The zero-order valence-electron chi connectivity index (χ0n) is 8.09. The Morgan fingerprint density at radius 2 is 2.27 bits per heavy atom. The van der Waals surface area contributed by atoms with Crippen molar-refractivity contribution in [3.8, 4) is 0 Å². The minimum Gasteiger partial charge on any atom is -0.309 e. The fourth-order valence-corrected chi connectivity index (χ4v) is 2.13. The lowest BCUT2D eigenvalue weighted by molar-refractivity contribution is -0.120. The Labute approximate surface area is 92.4 Å². The third-order valence-electron chi connectivity index (χ3n) is 2.57. The van der Waals surface area contributed by atoms with Gasteiger partial charge in [-0.15, -0.1) is 0 Å². The topological polar surface area (TPSA) is 29.1 Å². The van der Waals surface area contributed by atoms with Crippen LogP contribution < -0.4 is 5.32 Å². The summed E-state index contributed by atoms with van der Waals surface area (Å²) < 4.78 is 13.5. The number of carbonyl (C=O) groups is 1. The average molecular weight is 228 g/mol. The molecule has 4 heteroatoms. The Bertz CT molecular complexity index is 374. The molecule has 1 atom stereocenters. The van der Waals surface area contributed by atoms with Gasteiger partial charge in [0, 0.05) is 36.0 Å². The summed E-state index contributed by atoms with van der Waals surface area (Å²) in [6.45, 7) is 0.591. The number of carbonyl (C=O) groups excluding carboxylic acids is 1. The van der Waals surface area contributed by atoms with Gasteiger partial charge in [0.15, 0.2) is 0 Å². The molecule has 0 radical (unpaired) electrons. The largest absolute Gasteiger partial charge is 0.309 e. The fourth-order valence-electron chi connectivity index (χ4n) is 1.84. The second-order valence-corrected chi connectivity index (χ2v) is 4.04. The van der Waals surface area contributed by atoms with E-state index in [9.17, 15) is 9.18 Å².